The SMILES string of the molecule is O=C1C2C3C=CC(C3)C2C(=O)N1N=Cc1cc(Br)c(Sc2ccc(Cl)cc2)o1. The molecule has 142 valence electrons. The molecule has 2 fully saturated rings. The van der Waals surface area contributed by atoms with Gasteiger partial charge in [0.1, 0.15) is 5.76 Å². The molecule has 3 aliphatic rings. The smallest absolute Gasteiger partial charge is 0.254 e. The highest BCUT2D eigenvalue weighted by Crippen LogP contribution is 2.52. The fourth-order valence-corrected chi connectivity index (χ4v) is 5.68. The summed E-state index contributed by atoms with van der Waals surface area (Å²) in [7, 11) is 0. The second-order valence-corrected chi connectivity index (χ2v) is 9.41. The fraction of sp³-hybridized carbons (Fsp3) is 0.250. The molecule has 5 rings (SSSR count). The van der Waals surface area contributed by atoms with Crippen molar-refractivity contribution in [1.82, 2.24) is 5.01 Å². The Labute approximate surface area is 178 Å². The molecule has 1 saturated heterocycles. The number of furan rings is 1. The standard InChI is InChI=1S/C20H14BrClN2O3S/c21-15-8-13(27-20(15)28-14-5-3-12(22)4-6-14)9-23-24-18(25)16-10-1-2-11(7-10)17(16)19(24)26/h1-6,8-11,16-17H,7H2. The average molecular weight is 478 g/mol. The van der Waals surface area contributed by atoms with Gasteiger partial charge < -0.3 is 4.42 Å². The van der Waals surface area contributed by atoms with Crippen LogP contribution in [-0.4, -0.2) is 23.0 Å². The fourth-order valence-electron chi connectivity index (χ4n) is 4.23. The second kappa shape index (κ2) is 6.90. The number of rotatable bonds is 4. The van der Waals surface area contributed by atoms with Gasteiger partial charge in [-0.15, -0.1) is 0 Å². The highest BCUT2D eigenvalue weighted by molar-refractivity contribution is 9.10. The predicted octanol–water partition coefficient (Wildman–Crippen LogP) is 4.99. The van der Waals surface area contributed by atoms with Gasteiger partial charge in [-0.1, -0.05) is 35.5 Å². The molecule has 1 aliphatic heterocycles. The van der Waals surface area contributed by atoms with E-state index in [1.165, 1.54) is 18.0 Å². The molecular weight excluding hydrogens is 464 g/mol. The number of hydrogen-bond acceptors (Lipinski definition) is 5. The number of fused-ring (bicyclic) bond motifs is 5. The van der Waals surface area contributed by atoms with Crippen LogP contribution in [0.5, 0.6) is 0 Å². The minimum absolute atomic E-state index is 0.173. The summed E-state index contributed by atoms with van der Waals surface area (Å²) < 4.78 is 6.57. The Kier molecular flexibility index (Phi) is 4.49. The minimum atomic E-state index is -0.251. The van der Waals surface area contributed by atoms with Gasteiger partial charge in [0.05, 0.1) is 22.5 Å². The van der Waals surface area contributed by atoms with E-state index in [4.69, 9.17) is 16.0 Å². The normalized spacial score (nSPS) is 28.1. The molecule has 2 aromatic rings. The molecule has 1 aromatic carbocycles. The first-order valence-electron chi connectivity index (χ1n) is 8.84. The molecular formula is C20H14BrClN2O3S. The number of hydrogen-bond donors (Lipinski definition) is 0. The molecule has 0 radical (unpaired) electrons. The maximum atomic E-state index is 12.7. The van der Waals surface area contributed by atoms with Gasteiger partial charge in [-0.2, -0.15) is 10.1 Å². The van der Waals surface area contributed by atoms with Crippen LogP contribution < -0.4 is 0 Å². The van der Waals surface area contributed by atoms with Crippen molar-refractivity contribution in [2.75, 3.05) is 0 Å². The van der Waals surface area contributed by atoms with E-state index in [1.54, 1.807) is 6.07 Å². The number of imide groups is 1. The van der Waals surface area contributed by atoms with Crippen LogP contribution in [0.15, 0.2) is 66.5 Å². The van der Waals surface area contributed by atoms with E-state index in [-0.39, 0.29) is 35.5 Å². The van der Waals surface area contributed by atoms with Crippen molar-refractivity contribution < 1.29 is 14.0 Å². The maximum absolute atomic E-state index is 12.7. The Morgan fingerprint density at radius 1 is 1.14 bits per heavy atom. The van der Waals surface area contributed by atoms with Crippen LogP contribution in [0.2, 0.25) is 5.02 Å². The number of carbonyl (C=O) groups is 2. The molecule has 28 heavy (non-hydrogen) atoms. The van der Waals surface area contributed by atoms with Crippen LogP contribution in [0, 0.1) is 23.7 Å². The van der Waals surface area contributed by atoms with E-state index >= 15 is 0 Å². The molecule has 4 atom stereocenters. The van der Waals surface area contributed by atoms with Gasteiger partial charge in [-0.25, -0.2) is 0 Å². The summed E-state index contributed by atoms with van der Waals surface area (Å²) in [6.45, 7) is 0. The Balaban J connectivity index is 1.33. The monoisotopic (exact) mass is 476 g/mol. The lowest BCUT2D eigenvalue weighted by molar-refractivity contribution is -0.140. The van der Waals surface area contributed by atoms with E-state index in [2.05, 4.69) is 33.2 Å². The lowest BCUT2D eigenvalue weighted by Crippen LogP contribution is -2.28. The molecule has 2 aliphatic carbocycles. The predicted molar refractivity (Wildman–Crippen MR) is 109 cm³/mol. The third-order valence-electron chi connectivity index (χ3n) is 5.45. The maximum Gasteiger partial charge on any atom is 0.254 e. The topological polar surface area (TPSA) is 62.9 Å². The zero-order valence-corrected chi connectivity index (χ0v) is 17.6. The van der Waals surface area contributed by atoms with Crippen LogP contribution in [-0.2, 0) is 9.59 Å². The van der Waals surface area contributed by atoms with Crippen molar-refractivity contribution >= 4 is 57.3 Å². The molecule has 2 heterocycles. The molecule has 0 spiro atoms. The van der Waals surface area contributed by atoms with Crippen molar-refractivity contribution in [2.24, 2.45) is 28.8 Å². The molecule has 5 nitrogen and oxygen atoms in total. The summed E-state index contributed by atoms with van der Waals surface area (Å²) in [4.78, 5) is 26.3. The number of hydrazone groups is 1. The molecule has 0 N–H and O–H groups in total. The lowest BCUT2D eigenvalue weighted by Gasteiger charge is -2.13. The van der Waals surface area contributed by atoms with Crippen LogP contribution in [0.1, 0.15) is 12.2 Å². The number of allylic oxidation sites excluding steroid dienone is 2. The summed E-state index contributed by atoms with van der Waals surface area (Å²) >= 11 is 10.8. The van der Waals surface area contributed by atoms with Gasteiger partial charge in [0.15, 0.2) is 5.09 Å². The number of benzene rings is 1. The Bertz CT molecular complexity index is 1000. The first-order valence-corrected chi connectivity index (χ1v) is 10.8. The first-order chi connectivity index (χ1) is 13.5. The van der Waals surface area contributed by atoms with Crippen molar-refractivity contribution in [1.29, 1.82) is 0 Å². The third kappa shape index (κ3) is 2.96. The molecule has 1 saturated carbocycles. The molecule has 1 aromatic heterocycles. The zero-order valence-electron chi connectivity index (χ0n) is 14.4. The number of amides is 2. The summed E-state index contributed by atoms with van der Waals surface area (Å²) in [5.74, 6) is -0.104. The molecule has 2 bridgehead atoms. The third-order valence-corrected chi connectivity index (χ3v) is 7.55. The van der Waals surface area contributed by atoms with Gasteiger partial charge in [-0.05, 0) is 58.5 Å². The number of carbonyl (C=O) groups excluding carboxylic acids is 2. The molecule has 2 amide bonds. The van der Waals surface area contributed by atoms with Crippen molar-refractivity contribution in [3.8, 4) is 0 Å². The van der Waals surface area contributed by atoms with E-state index in [1.807, 2.05) is 24.3 Å². The molecule has 4 unspecified atom stereocenters. The van der Waals surface area contributed by atoms with Gasteiger partial charge >= 0.3 is 0 Å². The van der Waals surface area contributed by atoms with Crippen LogP contribution in [0.25, 0.3) is 0 Å². The Hall–Kier alpha value is -1.83. The summed E-state index contributed by atoms with van der Waals surface area (Å²) in [6, 6.07) is 9.19. The Morgan fingerprint density at radius 3 is 2.43 bits per heavy atom. The lowest BCUT2D eigenvalue weighted by atomic mass is 9.85. The van der Waals surface area contributed by atoms with Crippen LogP contribution >= 0.6 is 39.3 Å². The van der Waals surface area contributed by atoms with Gasteiger partial charge in [-0.3, -0.25) is 9.59 Å². The van der Waals surface area contributed by atoms with Crippen molar-refractivity contribution in [2.45, 2.75) is 16.4 Å². The first kappa shape index (κ1) is 18.2. The van der Waals surface area contributed by atoms with Crippen LogP contribution in [0.3, 0.4) is 0 Å². The summed E-state index contributed by atoms with van der Waals surface area (Å²) in [5.41, 5.74) is 0. The van der Waals surface area contributed by atoms with Crippen molar-refractivity contribution in [3.05, 3.63) is 57.7 Å². The minimum Gasteiger partial charge on any atom is -0.447 e. The van der Waals surface area contributed by atoms with E-state index in [0.29, 0.717) is 15.9 Å². The highest BCUT2D eigenvalue weighted by Gasteiger charge is 2.59. The summed E-state index contributed by atoms with van der Waals surface area (Å²) in [5, 5.41) is 6.49. The molecule has 8 heteroatoms. The zero-order chi connectivity index (χ0) is 19.4. The van der Waals surface area contributed by atoms with E-state index in [0.717, 1.165) is 20.8 Å². The van der Waals surface area contributed by atoms with Gasteiger partial charge in [0.2, 0.25) is 0 Å². The van der Waals surface area contributed by atoms with Crippen molar-refractivity contribution in [3.63, 3.8) is 0 Å². The highest BCUT2D eigenvalue weighted by atomic mass is 79.9. The second-order valence-electron chi connectivity index (χ2n) is 7.07. The number of nitrogens with zero attached hydrogens (tertiary/aromatic N) is 2. The Morgan fingerprint density at radius 2 is 1.79 bits per heavy atom. The van der Waals surface area contributed by atoms with E-state index in [9.17, 15) is 9.59 Å². The average Bonchev–Trinajstić information content (AvgIpc) is 3.42. The van der Waals surface area contributed by atoms with Gasteiger partial charge in [0, 0.05) is 16.0 Å². The summed E-state index contributed by atoms with van der Waals surface area (Å²) in [6.07, 6.45) is 6.45. The van der Waals surface area contributed by atoms with Gasteiger partial charge in [0.25, 0.3) is 11.8 Å². The quantitative estimate of drug-likeness (QED) is 0.354. The van der Waals surface area contributed by atoms with Crippen LogP contribution in [0.4, 0.5) is 0 Å². The number of halogens is 2. The van der Waals surface area contributed by atoms with E-state index < -0.39 is 0 Å². The largest absolute Gasteiger partial charge is 0.447 e.